The van der Waals surface area contributed by atoms with E-state index < -0.39 is 12.8 Å². The third-order valence-corrected chi connectivity index (χ3v) is 4.91. The molecule has 0 unspecified atom stereocenters. The zero-order valence-electron chi connectivity index (χ0n) is 18.2. The second-order valence-electron chi connectivity index (χ2n) is 7.70. The molecule has 0 atom stereocenters. The van der Waals surface area contributed by atoms with Crippen molar-refractivity contribution in [2.45, 2.75) is 32.6 Å². The minimum atomic E-state index is -4.43. The van der Waals surface area contributed by atoms with Gasteiger partial charge in [-0.05, 0) is 36.2 Å². The Morgan fingerprint density at radius 1 is 1.15 bits per heavy atom. The monoisotopic (exact) mass is 470 g/mol. The molecule has 0 fully saturated rings. The topological polar surface area (TPSA) is 94.8 Å². The molecule has 0 aliphatic rings. The van der Waals surface area contributed by atoms with Crippen LogP contribution in [0.3, 0.4) is 0 Å². The number of hydrogen-bond donors (Lipinski definition) is 1. The van der Waals surface area contributed by atoms with E-state index in [9.17, 15) is 18.0 Å². The maximum atomic E-state index is 12.4. The zero-order valence-corrected chi connectivity index (χ0v) is 18.2. The largest absolute Gasteiger partial charge is 0.468 e. The first-order chi connectivity index (χ1) is 16.3. The second-order valence-corrected chi connectivity index (χ2v) is 7.70. The molecule has 176 valence electrons. The van der Waals surface area contributed by atoms with Crippen molar-refractivity contribution in [3.63, 3.8) is 0 Å². The van der Waals surface area contributed by atoms with E-state index in [1.807, 2.05) is 6.07 Å². The van der Waals surface area contributed by atoms with Gasteiger partial charge in [-0.25, -0.2) is 4.98 Å². The lowest BCUT2D eigenvalue weighted by atomic mass is 10.2. The van der Waals surface area contributed by atoms with Gasteiger partial charge in [0.25, 0.3) is 0 Å². The van der Waals surface area contributed by atoms with Crippen molar-refractivity contribution >= 4 is 16.8 Å². The lowest BCUT2D eigenvalue weighted by molar-refractivity contribution is -0.154. The van der Waals surface area contributed by atoms with Gasteiger partial charge >= 0.3 is 6.18 Å². The molecule has 0 radical (unpaired) electrons. The molecule has 8 nitrogen and oxygen atoms in total. The summed E-state index contributed by atoms with van der Waals surface area (Å²) in [5, 5.41) is 8.12. The number of amides is 1. The maximum absolute atomic E-state index is 12.4. The highest BCUT2D eigenvalue weighted by Crippen LogP contribution is 2.21. The lowest BCUT2D eigenvalue weighted by Crippen LogP contribution is -2.25. The SMILES string of the molecule is Cc1cc(Cn2cc3c(CC(=O)NCc4cccnc4)nccc3n2)cnc1OCC(F)(F)F. The van der Waals surface area contributed by atoms with Crippen LogP contribution >= 0.6 is 0 Å². The zero-order chi connectivity index (χ0) is 24.1. The van der Waals surface area contributed by atoms with Crippen LogP contribution in [0.15, 0.2) is 55.2 Å². The van der Waals surface area contributed by atoms with Gasteiger partial charge < -0.3 is 10.1 Å². The molecule has 4 aromatic heterocycles. The number of nitrogens with zero attached hydrogens (tertiary/aromatic N) is 5. The van der Waals surface area contributed by atoms with Crippen LogP contribution in [-0.4, -0.2) is 43.4 Å². The Balaban J connectivity index is 1.43. The maximum Gasteiger partial charge on any atom is 0.422 e. The van der Waals surface area contributed by atoms with Crippen molar-refractivity contribution in [1.29, 1.82) is 0 Å². The number of ether oxygens (including phenoxy) is 1. The smallest absolute Gasteiger partial charge is 0.422 e. The minimum absolute atomic E-state index is 0.0597. The van der Waals surface area contributed by atoms with Gasteiger partial charge in [0.05, 0.1) is 24.2 Å². The van der Waals surface area contributed by atoms with E-state index in [-0.39, 0.29) is 18.2 Å². The van der Waals surface area contributed by atoms with Crippen LogP contribution in [0.4, 0.5) is 13.2 Å². The Morgan fingerprint density at radius 3 is 2.74 bits per heavy atom. The summed E-state index contributed by atoms with van der Waals surface area (Å²) in [7, 11) is 0. The number of alkyl halides is 3. The number of pyridine rings is 3. The van der Waals surface area contributed by atoms with Crippen LogP contribution in [-0.2, 0) is 24.3 Å². The molecule has 4 aromatic rings. The summed E-state index contributed by atoms with van der Waals surface area (Å²) < 4.78 is 43.6. The van der Waals surface area contributed by atoms with Crippen molar-refractivity contribution in [2.24, 2.45) is 0 Å². The normalized spacial score (nSPS) is 11.5. The van der Waals surface area contributed by atoms with E-state index >= 15 is 0 Å². The Hall–Kier alpha value is -4.02. The summed E-state index contributed by atoms with van der Waals surface area (Å²) in [6.07, 6.45) is 3.86. The molecule has 34 heavy (non-hydrogen) atoms. The summed E-state index contributed by atoms with van der Waals surface area (Å²) in [5.41, 5.74) is 3.41. The number of halogens is 3. The predicted molar refractivity (Wildman–Crippen MR) is 117 cm³/mol. The van der Waals surface area contributed by atoms with Crippen molar-refractivity contribution in [3.8, 4) is 5.88 Å². The molecule has 0 aliphatic heterocycles. The number of aromatic nitrogens is 5. The highest BCUT2D eigenvalue weighted by atomic mass is 19.4. The summed E-state index contributed by atoms with van der Waals surface area (Å²) in [5.74, 6) is -0.235. The standard InChI is InChI=1S/C23H21F3N6O2/c1-15-7-17(11-30-22(15)34-14-23(24,25)26)12-32-13-18-19(31-32)4-6-28-20(18)8-21(33)29-10-16-3-2-5-27-9-16/h2-7,9,11,13H,8,10,12,14H2,1H3,(H,29,33). The Kier molecular flexibility index (Phi) is 6.71. The van der Waals surface area contributed by atoms with E-state index in [0.717, 1.165) is 16.5 Å². The molecule has 4 heterocycles. The van der Waals surface area contributed by atoms with E-state index in [2.05, 4.69) is 25.4 Å². The highest BCUT2D eigenvalue weighted by Gasteiger charge is 2.29. The van der Waals surface area contributed by atoms with Crippen LogP contribution in [0.1, 0.15) is 22.4 Å². The average molecular weight is 470 g/mol. The predicted octanol–water partition coefficient (Wildman–Crippen LogP) is 3.38. The van der Waals surface area contributed by atoms with Gasteiger partial charge in [0.15, 0.2) is 6.61 Å². The van der Waals surface area contributed by atoms with E-state index in [4.69, 9.17) is 4.74 Å². The summed E-state index contributed by atoms with van der Waals surface area (Å²) in [6.45, 7) is 0.954. The number of carbonyl (C=O) groups excluding carboxylic acids is 1. The van der Waals surface area contributed by atoms with Gasteiger partial charge in [0.2, 0.25) is 11.8 Å². The first kappa shape index (κ1) is 23.1. The summed E-state index contributed by atoms with van der Waals surface area (Å²) >= 11 is 0. The van der Waals surface area contributed by atoms with Gasteiger partial charge in [0.1, 0.15) is 0 Å². The van der Waals surface area contributed by atoms with Crippen molar-refractivity contribution < 1.29 is 22.7 Å². The number of fused-ring (bicyclic) bond motifs is 1. The van der Waals surface area contributed by atoms with Crippen LogP contribution in [0, 0.1) is 6.92 Å². The lowest BCUT2D eigenvalue weighted by Gasteiger charge is -2.11. The molecular weight excluding hydrogens is 449 g/mol. The van der Waals surface area contributed by atoms with Crippen LogP contribution < -0.4 is 10.1 Å². The minimum Gasteiger partial charge on any atom is -0.468 e. The molecular formula is C23H21F3N6O2. The number of rotatable bonds is 8. The Bertz CT molecular complexity index is 1290. The fourth-order valence-electron chi connectivity index (χ4n) is 3.38. The van der Waals surface area contributed by atoms with Gasteiger partial charge in [-0.3, -0.25) is 19.4 Å². The second kappa shape index (κ2) is 9.86. The molecule has 0 aliphatic carbocycles. The molecule has 0 saturated heterocycles. The quantitative estimate of drug-likeness (QED) is 0.424. The first-order valence-electron chi connectivity index (χ1n) is 10.4. The summed E-state index contributed by atoms with van der Waals surface area (Å²) in [4.78, 5) is 24.8. The first-order valence-corrected chi connectivity index (χ1v) is 10.4. The van der Waals surface area contributed by atoms with Crippen LogP contribution in [0.5, 0.6) is 5.88 Å². The van der Waals surface area contributed by atoms with Gasteiger partial charge in [-0.2, -0.15) is 18.3 Å². The number of nitrogens with one attached hydrogen (secondary N) is 1. The molecule has 0 aromatic carbocycles. The molecule has 11 heteroatoms. The third kappa shape index (κ3) is 6.06. The van der Waals surface area contributed by atoms with Gasteiger partial charge in [-0.15, -0.1) is 0 Å². The molecule has 1 N–H and O–H groups in total. The van der Waals surface area contributed by atoms with Crippen molar-refractivity contribution in [2.75, 3.05) is 6.61 Å². The van der Waals surface area contributed by atoms with Gasteiger partial charge in [-0.1, -0.05) is 6.07 Å². The molecule has 4 rings (SSSR count). The molecule has 0 saturated carbocycles. The van der Waals surface area contributed by atoms with E-state index in [0.29, 0.717) is 29.9 Å². The number of hydrogen-bond acceptors (Lipinski definition) is 6. The van der Waals surface area contributed by atoms with E-state index in [1.54, 1.807) is 54.6 Å². The Morgan fingerprint density at radius 2 is 2.00 bits per heavy atom. The fourth-order valence-corrected chi connectivity index (χ4v) is 3.38. The van der Waals surface area contributed by atoms with Crippen LogP contribution in [0.2, 0.25) is 0 Å². The number of carbonyl (C=O) groups is 1. The van der Waals surface area contributed by atoms with Crippen LogP contribution in [0.25, 0.3) is 10.9 Å². The number of aryl methyl sites for hydroxylation is 1. The van der Waals surface area contributed by atoms with Gasteiger partial charge in [0, 0.05) is 48.5 Å². The van der Waals surface area contributed by atoms with Crippen molar-refractivity contribution in [1.82, 2.24) is 30.0 Å². The fraction of sp³-hybridized carbons (Fsp3) is 0.261. The van der Waals surface area contributed by atoms with Crippen molar-refractivity contribution in [3.05, 3.63) is 77.6 Å². The highest BCUT2D eigenvalue weighted by molar-refractivity contribution is 5.86. The Labute approximate surface area is 192 Å². The van der Waals surface area contributed by atoms with E-state index in [1.165, 1.54) is 6.20 Å². The molecule has 0 spiro atoms. The average Bonchev–Trinajstić information content (AvgIpc) is 3.21. The third-order valence-electron chi connectivity index (χ3n) is 4.91. The summed E-state index contributed by atoms with van der Waals surface area (Å²) in [6, 6.07) is 7.14. The molecule has 0 bridgehead atoms. The molecule has 1 amide bonds.